The van der Waals surface area contributed by atoms with Crippen LogP contribution in [-0.4, -0.2) is 14.8 Å². The van der Waals surface area contributed by atoms with Gasteiger partial charge in [0.15, 0.2) is 0 Å². The molecular weight excluding hydrogens is 111 g/mol. The standard InChI is InChI=1S/C6H17BSi/c1-7(2)6-8(3,4)5/h6H2,1-5H3. The van der Waals surface area contributed by atoms with Crippen molar-refractivity contribution in [2.24, 2.45) is 0 Å². The smallest absolute Gasteiger partial charge is 0.0865 e. The first kappa shape index (κ1) is 8.28. The molecule has 0 aromatic heterocycles. The van der Waals surface area contributed by atoms with Crippen LogP contribution in [0.25, 0.3) is 0 Å². The molecule has 0 saturated heterocycles. The lowest BCUT2D eigenvalue weighted by molar-refractivity contribution is 1.59. The quantitative estimate of drug-likeness (QED) is 0.501. The second-order valence-electron chi connectivity index (χ2n) is 4.16. The van der Waals surface area contributed by atoms with Gasteiger partial charge in [-0.3, -0.25) is 0 Å². The average molecular weight is 128 g/mol. The van der Waals surface area contributed by atoms with E-state index in [2.05, 4.69) is 33.3 Å². The number of hydrogen-bond acceptors (Lipinski definition) is 0. The molecule has 0 unspecified atom stereocenters. The summed E-state index contributed by atoms with van der Waals surface area (Å²) >= 11 is 0. The minimum Gasteiger partial charge on any atom is -0.0865 e. The van der Waals surface area contributed by atoms with Gasteiger partial charge in [0.25, 0.3) is 0 Å². The molecule has 0 radical (unpaired) electrons. The molecule has 0 atom stereocenters. The first-order valence-electron chi connectivity index (χ1n) is 3.42. The largest absolute Gasteiger partial charge is 0.130 e. The molecule has 0 heterocycles. The fourth-order valence-corrected chi connectivity index (χ4v) is 3.67. The van der Waals surface area contributed by atoms with Crippen molar-refractivity contribution in [2.75, 3.05) is 0 Å². The summed E-state index contributed by atoms with van der Waals surface area (Å²) in [6.45, 7) is 12.8. The molecule has 48 valence electrons. The van der Waals surface area contributed by atoms with Gasteiger partial charge in [-0.2, -0.15) is 0 Å². The van der Waals surface area contributed by atoms with Gasteiger partial charge in [0.1, 0.15) is 6.71 Å². The van der Waals surface area contributed by atoms with E-state index in [0.717, 1.165) is 6.71 Å². The molecule has 0 aromatic carbocycles. The monoisotopic (exact) mass is 128 g/mol. The Kier molecular flexibility index (Phi) is 2.81. The third kappa shape index (κ3) is 6.28. The van der Waals surface area contributed by atoms with Gasteiger partial charge in [0.05, 0.1) is 0 Å². The normalized spacial score (nSPS) is 11.6. The van der Waals surface area contributed by atoms with E-state index in [1.165, 1.54) is 5.94 Å². The van der Waals surface area contributed by atoms with Crippen LogP contribution in [0.15, 0.2) is 0 Å². The van der Waals surface area contributed by atoms with Crippen LogP contribution in [0.3, 0.4) is 0 Å². The summed E-state index contributed by atoms with van der Waals surface area (Å²) < 4.78 is 0. The molecule has 0 aliphatic rings. The van der Waals surface area contributed by atoms with Crippen LogP contribution in [0.1, 0.15) is 0 Å². The first-order valence-corrected chi connectivity index (χ1v) is 7.12. The van der Waals surface area contributed by atoms with Gasteiger partial charge in [-0.1, -0.05) is 39.2 Å². The van der Waals surface area contributed by atoms with Crippen LogP contribution >= 0.6 is 0 Å². The Labute approximate surface area is 54.8 Å². The second-order valence-corrected chi connectivity index (χ2v) is 9.69. The Morgan fingerprint density at radius 3 is 1.50 bits per heavy atom. The molecule has 2 heteroatoms. The van der Waals surface area contributed by atoms with Gasteiger partial charge in [0, 0.05) is 8.07 Å². The summed E-state index contributed by atoms with van der Waals surface area (Å²) in [5.74, 6) is 1.47. The Balaban J connectivity index is 3.39. The average Bonchev–Trinajstić information content (AvgIpc) is 1.21. The second kappa shape index (κ2) is 2.72. The first-order chi connectivity index (χ1) is 3.42. The maximum Gasteiger partial charge on any atom is 0.130 e. The highest BCUT2D eigenvalue weighted by molar-refractivity contribution is 6.86. The molecule has 0 rings (SSSR count). The van der Waals surface area contributed by atoms with E-state index in [4.69, 9.17) is 0 Å². The van der Waals surface area contributed by atoms with E-state index in [0.29, 0.717) is 0 Å². The molecular formula is C6H17BSi. The molecule has 0 aromatic rings. The summed E-state index contributed by atoms with van der Waals surface area (Å²) in [5, 5.41) is 0. The van der Waals surface area contributed by atoms with Crippen molar-refractivity contribution in [3.63, 3.8) is 0 Å². The van der Waals surface area contributed by atoms with Crippen molar-refractivity contribution < 1.29 is 0 Å². The molecule has 0 bridgehead atoms. The van der Waals surface area contributed by atoms with Gasteiger partial charge in [-0.25, -0.2) is 0 Å². The third-order valence-electron chi connectivity index (χ3n) is 1.02. The lowest BCUT2D eigenvalue weighted by Crippen LogP contribution is -2.25. The highest BCUT2D eigenvalue weighted by Crippen LogP contribution is 2.09. The van der Waals surface area contributed by atoms with Crippen LogP contribution in [-0.2, 0) is 0 Å². The van der Waals surface area contributed by atoms with Crippen molar-refractivity contribution in [2.45, 2.75) is 39.2 Å². The fourth-order valence-electron chi connectivity index (χ4n) is 1.22. The Morgan fingerprint density at radius 1 is 1.12 bits per heavy atom. The lowest BCUT2D eigenvalue weighted by Gasteiger charge is -2.16. The lowest BCUT2D eigenvalue weighted by atomic mass is 9.57. The molecule has 0 saturated carbocycles. The van der Waals surface area contributed by atoms with Crippen LogP contribution in [0, 0.1) is 0 Å². The van der Waals surface area contributed by atoms with E-state index in [1.807, 2.05) is 0 Å². The summed E-state index contributed by atoms with van der Waals surface area (Å²) in [4.78, 5) is 0. The zero-order valence-corrected chi connectivity index (χ0v) is 7.78. The molecule has 0 aliphatic carbocycles. The summed E-state index contributed by atoms with van der Waals surface area (Å²) in [6.07, 6.45) is 0. The molecule has 0 aliphatic heterocycles. The van der Waals surface area contributed by atoms with Crippen molar-refractivity contribution in [3.8, 4) is 0 Å². The minimum atomic E-state index is -0.720. The number of rotatable bonds is 2. The van der Waals surface area contributed by atoms with Gasteiger partial charge < -0.3 is 0 Å². The Hall–Kier alpha value is 0.282. The van der Waals surface area contributed by atoms with Gasteiger partial charge in [-0.05, 0) is 0 Å². The zero-order valence-electron chi connectivity index (χ0n) is 6.78. The topological polar surface area (TPSA) is 0 Å². The molecule has 0 fully saturated rings. The maximum atomic E-state index is 2.42. The van der Waals surface area contributed by atoms with Crippen molar-refractivity contribution in [3.05, 3.63) is 0 Å². The SMILES string of the molecule is CB(C)C[Si](C)(C)C. The summed E-state index contributed by atoms with van der Waals surface area (Å²) in [7, 11) is -0.720. The molecule has 0 amide bonds. The highest BCUT2D eigenvalue weighted by Gasteiger charge is 2.15. The van der Waals surface area contributed by atoms with E-state index in [9.17, 15) is 0 Å². The maximum absolute atomic E-state index is 2.42. The third-order valence-corrected chi connectivity index (χ3v) is 3.06. The molecule has 0 nitrogen and oxygen atoms in total. The summed E-state index contributed by atoms with van der Waals surface area (Å²) in [5.41, 5.74) is 0. The van der Waals surface area contributed by atoms with E-state index in [1.54, 1.807) is 0 Å². The summed E-state index contributed by atoms with van der Waals surface area (Å²) in [6, 6.07) is 0. The molecule has 8 heavy (non-hydrogen) atoms. The predicted molar refractivity (Wildman–Crippen MR) is 45.6 cm³/mol. The highest BCUT2D eigenvalue weighted by atomic mass is 28.3. The van der Waals surface area contributed by atoms with Crippen LogP contribution in [0.5, 0.6) is 0 Å². The predicted octanol–water partition coefficient (Wildman–Crippen LogP) is 2.62. The van der Waals surface area contributed by atoms with Crippen LogP contribution < -0.4 is 0 Å². The van der Waals surface area contributed by atoms with Crippen LogP contribution in [0.4, 0.5) is 0 Å². The van der Waals surface area contributed by atoms with E-state index < -0.39 is 8.07 Å². The Bertz CT molecular complexity index is 63.4. The van der Waals surface area contributed by atoms with Crippen molar-refractivity contribution >= 4 is 14.8 Å². The minimum absolute atomic E-state index is 0.720. The molecule has 0 N–H and O–H groups in total. The van der Waals surface area contributed by atoms with Gasteiger partial charge >= 0.3 is 0 Å². The van der Waals surface area contributed by atoms with Gasteiger partial charge in [0.2, 0.25) is 0 Å². The van der Waals surface area contributed by atoms with E-state index >= 15 is 0 Å². The fraction of sp³-hybridized carbons (Fsp3) is 1.00. The van der Waals surface area contributed by atoms with Crippen molar-refractivity contribution in [1.82, 2.24) is 0 Å². The van der Waals surface area contributed by atoms with E-state index in [-0.39, 0.29) is 0 Å². The zero-order chi connectivity index (χ0) is 6.78. The van der Waals surface area contributed by atoms with Crippen LogP contribution in [0.2, 0.25) is 39.2 Å². The van der Waals surface area contributed by atoms with Gasteiger partial charge in [-0.15, -0.1) is 0 Å². The van der Waals surface area contributed by atoms with Crippen molar-refractivity contribution in [1.29, 1.82) is 0 Å². The molecule has 0 spiro atoms. The Morgan fingerprint density at radius 2 is 1.50 bits per heavy atom. The number of hydrogen-bond donors (Lipinski definition) is 0.